The van der Waals surface area contributed by atoms with Gasteiger partial charge in [0.05, 0.1) is 15.7 Å². The highest BCUT2D eigenvalue weighted by Crippen LogP contribution is 2.31. The number of hydrogen-bond acceptors (Lipinski definition) is 4. The highest BCUT2D eigenvalue weighted by atomic mass is 35.5. The summed E-state index contributed by atoms with van der Waals surface area (Å²) in [6.07, 6.45) is 0.321. The number of benzene rings is 2. The van der Waals surface area contributed by atoms with Crippen LogP contribution in [0.3, 0.4) is 0 Å². The Bertz CT molecular complexity index is 903. The number of nitrogens with one attached hydrogen (secondary N) is 1. The van der Waals surface area contributed by atoms with E-state index in [2.05, 4.69) is 10.3 Å². The van der Waals surface area contributed by atoms with E-state index in [1.165, 1.54) is 0 Å². The smallest absolute Gasteiger partial charge is 0.300 e. The number of carbonyl (C=O) groups excluding carboxylic acids is 1. The quantitative estimate of drug-likeness (QED) is 0.637. The predicted molar refractivity (Wildman–Crippen MR) is 97.3 cm³/mol. The summed E-state index contributed by atoms with van der Waals surface area (Å²) in [7, 11) is 0. The third kappa shape index (κ3) is 3.55. The molecular weight excluding hydrogens is 347 g/mol. The molecule has 1 N–H and O–H groups in total. The number of carbonyl (C=O) groups is 1. The molecule has 0 saturated carbocycles. The minimum absolute atomic E-state index is 0.0216. The molecule has 0 amide bonds. The molecule has 0 spiro atoms. The normalized spacial score (nSPS) is 11.2. The van der Waals surface area contributed by atoms with Crippen molar-refractivity contribution in [1.82, 2.24) is 4.98 Å². The summed E-state index contributed by atoms with van der Waals surface area (Å²) in [5, 5.41) is 4.05. The molecule has 0 aliphatic heterocycles. The van der Waals surface area contributed by atoms with Crippen LogP contribution in [-0.2, 0) is 11.2 Å². The number of para-hydroxylation sites is 1. The van der Waals surface area contributed by atoms with E-state index in [1.807, 2.05) is 32.0 Å². The van der Waals surface area contributed by atoms with Gasteiger partial charge in [0.1, 0.15) is 11.3 Å². The lowest BCUT2D eigenvalue weighted by atomic mass is 10.0. The lowest BCUT2D eigenvalue weighted by Crippen LogP contribution is -2.10. The van der Waals surface area contributed by atoms with Gasteiger partial charge >= 0.3 is 0 Å². The molecule has 0 atom stereocenters. The number of nitrogens with zero attached hydrogens (tertiary/aromatic N) is 1. The van der Waals surface area contributed by atoms with E-state index in [0.29, 0.717) is 39.3 Å². The second-order valence-corrected chi connectivity index (χ2v) is 6.66. The van der Waals surface area contributed by atoms with Crippen LogP contribution in [0.2, 0.25) is 10.0 Å². The molecule has 0 bridgehead atoms. The monoisotopic (exact) mass is 362 g/mol. The number of anilines is 2. The number of fused-ring (bicyclic) bond motifs is 1. The predicted octanol–water partition coefficient (Wildman–Crippen LogP) is 5.65. The van der Waals surface area contributed by atoms with Gasteiger partial charge in [0.15, 0.2) is 5.58 Å². The molecule has 0 fully saturated rings. The fourth-order valence-electron chi connectivity index (χ4n) is 2.28. The summed E-state index contributed by atoms with van der Waals surface area (Å²) in [6.45, 7) is 3.76. The van der Waals surface area contributed by atoms with Gasteiger partial charge in [0.25, 0.3) is 6.01 Å². The van der Waals surface area contributed by atoms with Crippen LogP contribution in [0.15, 0.2) is 40.8 Å². The van der Waals surface area contributed by atoms with E-state index in [4.69, 9.17) is 27.6 Å². The first-order chi connectivity index (χ1) is 11.4. The molecule has 24 heavy (non-hydrogen) atoms. The van der Waals surface area contributed by atoms with Crippen LogP contribution in [0, 0.1) is 5.92 Å². The minimum atomic E-state index is -0.0216. The summed E-state index contributed by atoms with van der Waals surface area (Å²) in [5.74, 6) is 0.131. The van der Waals surface area contributed by atoms with Crippen LogP contribution in [-0.4, -0.2) is 10.8 Å². The van der Waals surface area contributed by atoms with Gasteiger partial charge in [-0.05, 0) is 29.8 Å². The van der Waals surface area contributed by atoms with Crippen molar-refractivity contribution in [3.8, 4) is 0 Å². The van der Waals surface area contributed by atoms with E-state index in [-0.39, 0.29) is 11.7 Å². The van der Waals surface area contributed by atoms with Crippen molar-refractivity contribution in [3.05, 3.63) is 52.0 Å². The van der Waals surface area contributed by atoms with Gasteiger partial charge in [-0.3, -0.25) is 4.79 Å². The Balaban J connectivity index is 1.92. The summed E-state index contributed by atoms with van der Waals surface area (Å²) in [6, 6.07) is 11.2. The van der Waals surface area contributed by atoms with Crippen molar-refractivity contribution in [1.29, 1.82) is 0 Å². The first-order valence-corrected chi connectivity index (χ1v) is 8.33. The molecule has 3 rings (SSSR count). The Morgan fingerprint density at radius 2 is 1.96 bits per heavy atom. The average Bonchev–Trinajstić information content (AvgIpc) is 2.92. The van der Waals surface area contributed by atoms with Gasteiger partial charge in [0.2, 0.25) is 0 Å². The van der Waals surface area contributed by atoms with Crippen LogP contribution in [0.25, 0.3) is 11.1 Å². The summed E-state index contributed by atoms with van der Waals surface area (Å²) in [5.41, 5.74) is 2.58. The van der Waals surface area contributed by atoms with Crippen LogP contribution in [0.4, 0.5) is 11.7 Å². The SMILES string of the molecule is CC(C)C(=O)Cc1cc(Cl)c2nc(Nc3ccccc3Cl)oc2c1. The van der Waals surface area contributed by atoms with Crippen molar-refractivity contribution in [3.63, 3.8) is 0 Å². The Morgan fingerprint density at radius 3 is 2.67 bits per heavy atom. The third-order valence-corrected chi connectivity index (χ3v) is 4.26. The molecule has 3 aromatic rings. The summed E-state index contributed by atoms with van der Waals surface area (Å²) in [4.78, 5) is 16.3. The minimum Gasteiger partial charge on any atom is -0.423 e. The number of rotatable bonds is 5. The molecular formula is C18H16Cl2N2O2. The van der Waals surface area contributed by atoms with Gasteiger partial charge < -0.3 is 9.73 Å². The van der Waals surface area contributed by atoms with Crippen molar-refractivity contribution in [2.24, 2.45) is 5.92 Å². The lowest BCUT2D eigenvalue weighted by molar-refractivity contribution is -0.121. The highest BCUT2D eigenvalue weighted by molar-refractivity contribution is 6.35. The maximum absolute atomic E-state index is 11.9. The second kappa shape index (κ2) is 6.83. The molecule has 0 unspecified atom stereocenters. The zero-order valence-electron chi connectivity index (χ0n) is 13.3. The number of Topliss-reactive ketones (excluding diaryl/α,β-unsaturated/α-hetero) is 1. The summed E-state index contributed by atoms with van der Waals surface area (Å²) >= 11 is 12.4. The van der Waals surface area contributed by atoms with Crippen LogP contribution < -0.4 is 5.32 Å². The lowest BCUT2D eigenvalue weighted by Gasteiger charge is -2.04. The third-order valence-electron chi connectivity index (χ3n) is 3.65. The van der Waals surface area contributed by atoms with Crippen molar-refractivity contribution < 1.29 is 9.21 Å². The number of ketones is 1. The van der Waals surface area contributed by atoms with Gasteiger partial charge in [-0.25, -0.2) is 0 Å². The second-order valence-electron chi connectivity index (χ2n) is 5.85. The Kier molecular flexibility index (Phi) is 4.78. The summed E-state index contributed by atoms with van der Waals surface area (Å²) < 4.78 is 5.71. The molecule has 0 aliphatic carbocycles. The number of hydrogen-bond donors (Lipinski definition) is 1. The van der Waals surface area contributed by atoms with E-state index in [1.54, 1.807) is 18.2 Å². The number of halogens is 2. The van der Waals surface area contributed by atoms with E-state index in [0.717, 1.165) is 5.56 Å². The van der Waals surface area contributed by atoms with Gasteiger partial charge in [0, 0.05) is 12.3 Å². The number of aromatic nitrogens is 1. The standard InChI is InChI=1S/C18H16Cl2N2O2/c1-10(2)15(23)8-11-7-13(20)17-16(9-11)24-18(22-17)21-14-6-4-3-5-12(14)19/h3-7,9-10H,8H2,1-2H3,(H,21,22). The molecule has 6 heteroatoms. The zero-order chi connectivity index (χ0) is 17.3. The molecule has 124 valence electrons. The van der Waals surface area contributed by atoms with Crippen molar-refractivity contribution in [2.45, 2.75) is 20.3 Å². The van der Waals surface area contributed by atoms with Crippen molar-refractivity contribution in [2.75, 3.05) is 5.32 Å². The molecule has 0 radical (unpaired) electrons. The topological polar surface area (TPSA) is 55.1 Å². The fourth-order valence-corrected chi connectivity index (χ4v) is 2.74. The Morgan fingerprint density at radius 1 is 1.21 bits per heavy atom. The van der Waals surface area contributed by atoms with E-state index in [9.17, 15) is 4.79 Å². The Labute approximate surface area is 149 Å². The van der Waals surface area contributed by atoms with Crippen LogP contribution in [0.1, 0.15) is 19.4 Å². The maximum Gasteiger partial charge on any atom is 0.300 e. The first-order valence-electron chi connectivity index (χ1n) is 7.57. The highest BCUT2D eigenvalue weighted by Gasteiger charge is 2.15. The number of oxazole rings is 1. The van der Waals surface area contributed by atoms with Gasteiger partial charge in [-0.2, -0.15) is 4.98 Å². The van der Waals surface area contributed by atoms with E-state index >= 15 is 0 Å². The largest absolute Gasteiger partial charge is 0.423 e. The molecule has 0 aliphatic rings. The van der Waals surface area contributed by atoms with Crippen molar-refractivity contribution >= 4 is 51.8 Å². The Hall–Kier alpha value is -2.04. The van der Waals surface area contributed by atoms with Gasteiger partial charge in [-0.15, -0.1) is 0 Å². The van der Waals surface area contributed by atoms with Gasteiger partial charge in [-0.1, -0.05) is 49.2 Å². The van der Waals surface area contributed by atoms with E-state index < -0.39 is 0 Å². The fraction of sp³-hybridized carbons (Fsp3) is 0.222. The molecule has 2 aromatic carbocycles. The molecule has 1 aromatic heterocycles. The average molecular weight is 363 g/mol. The molecule has 0 saturated heterocycles. The molecule has 4 nitrogen and oxygen atoms in total. The first kappa shape index (κ1) is 16.8. The molecule has 1 heterocycles. The maximum atomic E-state index is 11.9. The van der Waals surface area contributed by atoms with Crippen LogP contribution >= 0.6 is 23.2 Å². The van der Waals surface area contributed by atoms with Crippen LogP contribution in [0.5, 0.6) is 0 Å². The zero-order valence-corrected chi connectivity index (χ0v) is 14.8.